The first kappa shape index (κ1) is 7.28. The zero-order valence-corrected chi connectivity index (χ0v) is 7.19. The lowest BCUT2D eigenvalue weighted by Crippen LogP contribution is -2.34. The third-order valence-corrected chi connectivity index (χ3v) is 3.32. The Labute approximate surface area is 69.7 Å². The number of thiophene rings is 1. The molecule has 1 aliphatic carbocycles. The van der Waals surface area contributed by atoms with E-state index in [2.05, 4.69) is 0 Å². The standard InChI is InChI=1S/C8H11NOS/c1-8(10)4-5-2-3-11-6(5)7(8)9/h2-3,7,10H,4,9H2,1H3/t7-,8-/m1/s1. The Morgan fingerprint density at radius 1 is 1.82 bits per heavy atom. The molecular weight excluding hydrogens is 158 g/mol. The van der Waals surface area contributed by atoms with E-state index in [1.807, 2.05) is 11.4 Å². The van der Waals surface area contributed by atoms with Crippen molar-refractivity contribution < 1.29 is 5.11 Å². The van der Waals surface area contributed by atoms with Crippen LogP contribution >= 0.6 is 11.3 Å². The third-order valence-electron chi connectivity index (χ3n) is 2.28. The molecule has 3 heteroatoms. The minimum atomic E-state index is -0.720. The summed E-state index contributed by atoms with van der Waals surface area (Å²) < 4.78 is 0. The quantitative estimate of drug-likeness (QED) is 0.610. The van der Waals surface area contributed by atoms with Crippen LogP contribution < -0.4 is 5.73 Å². The Morgan fingerprint density at radius 3 is 3.18 bits per heavy atom. The maximum absolute atomic E-state index is 9.75. The smallest absolute Gasteiger partial charge is 0.0860 e. The summed E-state index contributed by atoms with van der Waals surface area (Å²) in [5.74, 6) is 0. The summed E-state index contributed by atoms with van der Waals surface area (Å²) in [6, 6.07) is 1.86. The number of nitrogens with two attached hydrogens (primary N) is 1. The van der Waals surface area contributed by atoms with Gasteiger partial charge in [0.25, 0.3) is 0 Å². The van der Waals surface area contributed by atoms with Crippen LogP contribution in [0.2, 0.25) is 0 Å². The van der Waals surface area contributed by atoms with Crippen molar-refractivity contribution in [3.63, 3.8) is 0 Å². The molecule has 2 atom stereocenters. The molecular formula is C8H11NOS. The predicted octanol–water partition coefficient (Wildman–Crippen LogP) is 1.05. The molecule has 2 rings (SSSR count). The highest BCUT2D eigenvalue weighted by atomic mass is 32.1. The molecule has 1 aliphatic rings. The number of hydrogen-bond acceptors (Lipinski definition) is 3. The summed E-state index contributed by atoms with van der Waals surface area (Å²) in [7, 11) is 0. The van der Waals surface area contributed by atoms with Crippen molar-refractivity contribution in [3.8, 4) is 0 Å². The lowest BCUT2D eigenvalue weighted by molar-refractivity contribution is 0.0455. The SMILES string of the molecule is C[C@@]1(O)Cc2ccsc2[C@H]1N. The third kappa shape index (κ3) is 0.922. The van der Waals surface area contributed by atoms with E-state index in [4.69, 9.17) is 5.73 Å². The lowest BCUT2D eigenvalue weighted by Gasteiger charge is -2.21. The van der Waals surface area contributed by atoms with Crippen molar-refractivity contribution in [2.75, 3.05) is 0 Å². The van der Waals surface area contributed by atoms with Crippen molar-refractivity contribution in [1.82, 2.24) is 0 Å². The molecule has 0 radical (unpaired) electrons. The molecule has 3 N–H and O–H groups in total. The van der Waals surface area contributed by atoms with E-state index in [9.17, 15) is 5.11 Å². The second-order valence-corrected chi connectivity index (χ2v) is 4.27. The number of fused-ring (bicyclic) bond motifs is 1. The van der Waals surface area contributed by atoms with Crippen molar-refractivity contribution in [3.05, 3.63) is 21.9 Å². The summed E-state index contributed by atoms with van der Waals surface area (Å²) in [4.78, 5) is 1.15. The van der Waals surface area contributed by atoms with Crippen LogP contribution in [-0.4, -0.2) is 10.7 Å². The van der Waals surface area contributed by atoms with Gasteiger partial charge in [0.2, 0.25) is 0 Å². The lowest BCUT2D eigenvalue weighted by atomic mass is 10.0. The van der Waals surface area contributed by atoms with E-state index in [0.717, 1.165) is 4.88 Å². The molecule has 1 aromatic heterocycles. The first-order chi connectivity index (χ1) is 5.11. The molecule has 1 heterocycles. The first-order valence-electron chi connectivity index (χ1n) is 3.65. The minimum Gasteiger partial charge on any atom is -0.388 e. The van der Waals surface area contributed by atoms with Gasteiger partial charge in [-0.15, -0.1) is 11.3 Å². The van der Waals surface area contributed by atoms with Crippen LogP contribution in [0.4, 0.5) is 0 Å². The van der Waals surface area contributed by atoms with Crippen molar-refractivity contribution in [2.24, 2.45) is 5.73 Å². The van der Waals surface area contributed by atoms with Crippen molar-refractivity contribution in [1.29, 1.82) is 0 Å². The second kappa shape index (κ2) is 2.06. The van der Waals surface area contributed by atoms with Gasteiger partial charge in [-0.25, -0.2) is 0 Å². The minimum absolute atomic E-state index is 0.183. The molecule has 0 aromatic carbocycles. The van der Waals surface area contributed by atoms with Gasteiger partial charge in [0, 0.05) is 11.3 Å². The van der Waals surface area contributed by atoms with E-state index in [-0.39, 0.29) is 6.04 Å². The molecule has 0 bridgehead atoms. The summed E-state index contributed by atoms with van der Waals surface area (Å²) >= 11 is 1.64. The van der Waals surface area contributed by atoms with Crippen LogP contribution in [0.3, 0.4) is 0 Å². The van der Waals surface area contributed by atoms with E-state index >= 15 is 0 Å². The van der Waals surface area contributed by atoms with Gasteiger partial charge < -0.3 is 10.8 Å². The molecule has 0 saturated carbocycles. The molecule has 11 heavy (non-hydrogen) atoms. The molecule has 0 saturated heterocycles. The van der Waals surface area contributed by atoms with E-state index in [0.29, 0.717) is 6.42 Å². The zero-order valence-electron chi connectivity index (χ0n) is 6.37. The maximum atomic E-state index is 9.75. The molecule has 1 aromatic rings. The fourth-order valence-electron chi connectivity index (χ4n) is 1.54. The second-order valence-electron chi connectivity index (χ2n) is 3.32. The normalized spacial score (nSPS) is 35.7. The molecule has 0 aliphatic heterocycles. The predicted molar refractivity (Wildman–Crippen MR) is 45.6 cm³/mol. The first-order valence-corrected chi connectivity index (χ1v) is 4.53. The van der Waals surface area contributed by atoms with Crippen LogP contribution in [0.5, 0.6) is 0 Å². The number of rotatable bonds is 0. The van der Waals surface area contributed by atoms with Gasteiger partial charge in [0.15, 0.2) is 0 Å². The van der Waals surface area contributed by atoms with Gasteiger partial charge in [-0.3, -0.25) is 0 Å². The maximum Gasteiger partial charge on any atom is 0.0860 e. The highest BCUT2D eigenvalue weighted by molar-refractivity contribution is 7.10. The topological polar surface area (TPSA) is 46.2 Å². The summed E-state index contributed by atoms with van der Waals surface area (Å²) in [5.41, 5.74) is 6.32. The van der Waals surface area contributed by atoms with E-state index in [1.165, 1.54) is 5.56 Å². The molecule has 0 unspecified atom stereocenters. The fraction of sp³-hybridized carbons (Fsp3) is 0.500. The average molecular weight is 169 g/mol. The van der Waals surface area contributed by atoms with Crippen molar-refractivity contribution >= 4 is 11.3 Å². The largest absolute Gasteiger partial charge is 0.388 e. The molecule has 0 spiro atoms. The Morgan fingerprint density at radius 2 is 2.55 bits per heavy atom. The summed E-state index contributed by atoms with van der Waals surface area (Å²) in [6.07, 6.45) is 0.701. The molecule has 2 nitrogen and oxygen atoms in total. The fourth-order valence-corrected chi connectivity index (χ4v) is 2.62. The van der Waals surface area contributed by atoms with Crippen LogP contribution in [-0.2, 0) is 6.42 Å². The van der Waals surface area contributed by atoms with E-state index in [1.54, 1.807) is 18.3 Å². The number of aliphatic hydroxyl groups is 1. The van der Waals surface area contributed by atoms with Gasteiger partial charge >= 0.3 is 0 Å². The van der Waals surface area contributed by atoms with Gasteiger partial charge in [0.05, 0.1) is 11.6 Å². The number of hydrogen-bond donors (Lipinski definition) is 2. The highest BCUT2D eigenvalue weighted by Crippen LogP contribution is 2.40. The van der Waals surface area contributed by atoms with Crippen LogP contribution in [0.15, 0.2) is 11.4 Å². The Bertz CT molecular complexity index is 279. The highest BCUT2D eigenvalue weighted by Gasteiger charge is 2.39. The molecule has 0 fully saturated rings. The van der Waals surface area contributed by atoms with Crippen molar-refractivity contribution in [2.45, 2.75) is 25.0 Å². The van der Waals surface area contributed by atoms with Crippen LogP contribution in [0.1, 0.15) is 23.4 Å². The van der Waals surface area contributed by atoms with Gasteiger partial charge in [-0.05, 0) is 23.9 Å². The summed E-state index contributed by atoms with van der Waals surface area (Å²) in [5, 5.41) is 11.8. The Hall–Kier alpha value is -0.380. The van der Waals surface area contributed by atoms with Gasteiger partial charge in [0.1, 0.15) is 0 Å². The van der Waals surface area contributed by atoms with Gasteiger partial charge in [-0.2, -0.15) is 0 Å². The van der Waals surface area contributed by atoms with Gasteiger partial charge in [-0.1, -0.05) is 0 Å². The molecule has 60 valence electrons. The van der Waals surface area contributed by atoms with Crippen LogP contribution in [0, 0.1) is 0 Å². The Balaban J connectivity index is 2.45. The Kier molecular flexibility index (Phi) is 1.36. The molecule has 0 amide bonds. The monoisotopic (exact) mass is 169 g/mol. The average Bonchev–Trinajstić information content (AvgIpc) is 2.39. The van der Waals surface area contributed by atoms with E-state index < -0.39 is 5.60 Å². The summed E-state index contributed by atoms with van der Waals surface area (Å²) in [6.45, 7) is 1.80. The van der Waals surface area contributed by atoms with Crippen LogP contribution in [0.25, 0.3) is 0 Å². The zero-order chi connectivity index (χ0) is 8.06.